The SMILES string of the molecule is Oc1cnn(-c2ccc(Cl)s2)c1Cl. The van der Waals surface area contributed by atoms with Gasteiger partial charge >= 0.3 is 0 Å². The van der Waals surface area contributed by atoms with E-state index >= 15 is 0 Å². The molecule has 2 heterocycles. The summed E-state index contributed by atoms with van der Waals surface area (Å²) in [6, 6.07) is 3.53. The predicted molar refractivity (Wildman–Crippen MR) is 53.1 cm³/mol. The van der Waals surface area contributed by atoms with E-state index in [4.69, 9.17) is 28.3 Å². The van der Waals surface area contributed by atoms with Crippen molar-refractivity contribution >= 4 is 34.5 Å². The van der Waals surface area contributed by atoms with Gasteiger partial charge in [-0.15, -0.1) is 11.3 Å². The van der Waals surface area contributed by atoms with Gasteiger partial charge in [-0.05, 0) is 12.1 Å². The van der Waals surface area contributed by atoms with Crippen LogP contribution in [0, 0.1) is 0 Å². The third-order valence-corrected chi connectivity index (χ3v) is 3.02. The maximum Gasteiger partial charge on any atom is 0.175 e. The van der Waals surface area contributed by atoms with Gasteiger partial charge in [-0.3, -0.25) is 0 Å². The summed E-state index contributed by atoms with van der Waals surface area (Å²) in [5.74, 6) is -0.0359. The molecule has 68 valence electrons. The Kier molecular flexibility index (Phi) is 2.19. The monoisotopic (exact) mass is 234 g/mol. The molecule has 6 heteroatoms. The van der Waals surface area contributed by atoms with Crippen molar-refractivity contribution in [2.24, 2.45) is 0 Å². The summed E-state index contributed by atoms with van der Waals surface area (Å²) in [6.07, 6.45) is 1.29. The van der Waals surface area contributed by atoms with Crippen molar-refractivity contribution in [3.05, 3.63) is 27.8 Å². The molecule has 0 atom stereocenters. The van der Waals surface area contributed by atoms with Gasteiger partial charge in [0.1, 0.15) is 5.00 Å². The van der Waals surface area contributed by atoms with Crippen LogP contribution < -0.4 is 0 Å². The zero-order valence-corrected chi connectivity index (χ0v) is 8.57. The second kappa shape index (κ2) is 3.21. The summed E-state index contributed by atoms with van der Waals surface area (Å²) in [5.41, 5.74) is 0. The number of rotatable bonds is 1. The molecule has 0 saturated heterocycles. The Morgan fingerprint density at radius 1 is 1.38 bits per heavy atom. The van der Waals surface area contributed by atoms with Gasteiger partial charge in [0.05, 0.1) is 10.5 Å². The zero-order chi connectivity index (χ0) is 9.42. The molecule has 0 radical (unpaired) electrons. The lowest BCUT2D eigenvalue weighted by Crippen LogP contribution is -1.91. The lowest BCUT2D eigenvalue weighted by molar-refractivity contribution is 0.475. The average Bonchev–Trinajstić information content (AvgIpc) is 2.62. The first kappa shape index (κ1) is 8.87. The number of hydrogen-bond donors (Lipinski definition) is 1. The van der Waals surface area contributed by atoms with Gasteiger partial charge in [-0.25, -0.2) is 4.68 Å². The van der Waals surface area contributed by atoms with E-state index in [0.29, 0.717) is 4.34 Å². The van der Waals surface area contributed by atoms with Crippen LogP contribution >= 0.6 is 34.5 Å². The molecular weight excluding hydrogens is 231 g/mol. The number of aromatic hydroxyl groups is 1. The summed E-state index contributed by atoms with van der Waals surface area (Å²) in [4.78, 5) is 0. The van der Waals surface area contributed by atoms with E-state index < -0.39 is 0 Å². The van der Waals surface area contributed by atoms with Crippen LogP contribution in [0.4, 0.5) is 0 Å². The molecule has 0 aliphatic heterocycles. The molecule has 2 aromatic heterocycles. The minimum Gasteiger partial charge on any atom is -0.504 e. The highest BCUT2D eigenvalue weighted by Crippen LogP contribution is 2.30. The van der Waals surface area contributed by atoms with Crippen molar-refractivity contribution in [2.45, 2.75) is 0 Å². The molecule has 2 aromatic rings. The van der Waals surface area contributed by atoms with Crippen LogP contribution in [0.15, 0.2) is 18.3 Å². The molecule has 0 fully saturated rings. The lowest BCUT2D eigenvalue weighted by atomic mass is 10.6. The maximum atomic E-state index is 9.16. The van der Waals surface area contributed by atoms with Gasteiger partial charge in [-0.2, -0.15) is 5.10 Å². The number of halogens is 2. The topological polar surface area (TPSA) is 38.1 Å². The Hall–Kier alpha value is -0.710. The third kappa shape index (κ3) is 1.52. The predicted octanol–water partition coefficient (Wildman–Crippen LogP) is 2.95. The molecule has 2 rings (SSSR count). The summed E-state index contributed by atoms with van der Waals surface area (Å²) < 4.78 is 2.08. The molecule has 3 nitrogen and oxygen atoms in total. The molecular formula is C7H4Cl2N2OS. The van der Waals surface area contributed by atoms with E-state index in [1.165, 1.54) is 22.2 Å². The number of nitrogens with zero attached hydrogens (tertiary/aromatic N) is 2. The highest BCUT2D eigenvalue weighted by Gasteiger charge is 2.09. The van der Waals surface area contributed by atoms with E-state index in [-0.39, 0.29) is 10.9 Å². The molecule has 0 bridgehead atoms. The molecule has 0 spiro atoms. The number of hydrogen-bond acceptors (Lipinski definition) is 3. The van der Waals surface area contributed by atoms with Crippen molar-refractivity contribution in [3.63, 3.8) is 0 Å². The Morgan fingerprint density at radius 2 is 2.15 bits per heavy atom. The van der Waals surface area contributed by atoms with Crippen molar-refractivity contribution in [1.82, 2.24) is 9.78 Å². The van der Waals surface area contributed by atoms with Crippen molar-refractivity contribution < 1.29 is 5.11 Å². The van der Waals surface area contributed by atoms with Crippen LogP contribution in [0.25, 0.3) is 5.00 Å². The minimum atomic E-state index is -0.0359. The molecule has 0 amide bonds. The van der Waals surface area contributed by atoms with E-state index in [1.54, 1.807) is 12.1 Å². The van der Waals surface area contributed by atoms with Gasteiger partial charge in [0, 0.05) is 0 Å². The van der Waals surface area contributed by atoms with Crippen molar-refractivity contribution in [2.75, 3.05) is 0 Å². The first-order valence-electron chi connectivity index (χ1n) is 3.36. The molecule has 0 unspecified atom stereocenters. The maximum absolute atomic E-state index is 9.16. The number of thiophene rings is 1. The summed E-state index contributed by atoms with van der Waals surface area (Å²) in [5, 5.41) is 14.0. The van der Waals surface area contributed by atoms with Gasteiger partial charge in [0.2, 0.25) is 0 Å². The van der Waals surface area contributed by atoms with E-state index in [1.807, 2.05) is 0 Å². The average molecular weight is 235 g/mol. The smallest absolute Gasteiger partial charge is 0.175 e. The van der Waals surface area contributed by atoms with Crippen LogP contribution in [0.2, 0.25) is 9.49 Å². The van der Waals surface area contributed by atoms with Gasteiger partial charge in [-0.1, -0.05) is 23.2 Å². The molecule has 0 aromatic carbocycles. The Morgan fingerprint density at radius 3 is 2.62 bits per heavy atom. The van der Waals surface area contributed by atoms with E-state index in [2.05, 4.69) is 5.10 Å². The van der Waals surface area contributed by atoms with Crippen LogP contribution in [-0.4, -0.2) is 14.9 Å². The fraction of sp³-hybridized carbons (Fsp3) is 0. The Labute approximate surface area is 88.1 Å². The second-order valence-electron chi connectivity index (χ2n) is 2.31. The molecule has 0 aliphatic carbocycles. The Balaban J connectivity index is 2.52. The van der Waals surface area contributed by atoms with E-state index in [0.717, 1.165) is 5.00 Å². The van der Waals surface area contributed by atoms with Crippen LogP contribution in [0.5, 0.6) is 5.75 Å². The standard InChI is InChI=1S/C7H4Cl2N2OS/c8-5-1-2-6(13-5)11-7(9)4(12)3-10-11/h1-3,12H. The summed E-state index contributed by atoms with van der Waals surface area (Å²) in [6.45, 7) is 0. The summed E-state index contributed by atoms with van der Waals surface area (Å²) in [7, 11) is 0. The quantitative estimate of drug-likeness (QED) is 0.825. The van der Waals surface area contributed by atoms with Gasteiger partial charge < -0.3 is 5.11 Å². The molecule has 0 saturated carbocycles. The minimum absolute atomic E-state index is 0.0359. The van der Waals surface area contributed by atoms with Crippen LogP contribution in [0.1, 0.15) is 0 Å². The molecule has 0 aliphatic rings. The van der Waals surface area contributed by atoms with Gasteiger partial charge in [0.25, 0.3) is 0 Å². The second-order valence-corrected chi connectivity index (χ2v) is 4.36. The van der Waals surface area contributed by atoms with Crippen molar-refractivity contribution in [1.29, 1.82) is 0 Å². The summed E-state index contributed by atoms with van der Waals surface area (Å²) >= 11 is 12.8. The highest BCUT2D eigenvalue weighted by molar-refractivity contribution is 7.18. The largest absolute Gasteiger partial charge is 0.504 e. The molecule has 13 heavy (non-hydrogen) atoms. The first-order chi connectivity index (χ1) is 6.18. The van der Waals surface area contributed by atoms with Crippen LogP contribution in [0.3, 0.4) is 0 Å². The van der Waals surface area contributed by atoms with Gasteiger partial charge in [0.15, 0.2) is 10.9 Å². The fourth-order valence-corrected chi connectivity index (χ4v) is 2.13. The first-order valence-corrected chi connectivity index (χ1v) is 4.94. The highest BCUT2D eigenvalue weighted by atomic mass is 35.5. The lowest BCUT2D eigenvalue weighted by Gasteiger charge is -1.96. The Bertz CT molecular complexity index is 437. The fourth-order valence-electron chi connectivity index (χ4n) is 0.897. The van der Waals surface area contributed by atoms with Crippen molar-refractivity contribution in [3.8, 4) is 10.8 Å². The number of aromatic nitrogens is 2. The zero-order valence-electron chi connectivity index (χ0n) is 6.24. The molecule has 1 N–H and O–H groups in total. The van der Waals surface area contributed by atoms with E-state index in [9.17, 15) is 0 Å². The normalized spacial score (nSPS) is 10.6. The third-order valence-electron chi connectivity index (χ3n) is 1.46. The van der Waals surface area contributed by atoms with Crippen LogP contribution in [-0.2, 0) is 0 Å².